The maximum absolute atomic E-state index is 13.7. The predicted octanol–water partition coefficient (Wildman–Crippen LogP) is 3.81. The maximum Gasteiger partial charge on any atom is 0.237 e. The summed E-state index contributed by atoms with van der Waals surface area (Å²) in [6.07, 6.45) is 0. The number of rotatable bonds is 2. The van der Waals surface area contributed by atoms with Crippen LogP contribution in [0.15, 0.2) is 24.3 Å². The molecule has 0 saturated heterocycles. The van der Waals surface area contributed by atoms with E-state index in [1.165, 1.54) is 6.07 Å². The number of hydrogen-bond acceptors (Lipinski definition) is 3. The summed E-state index contributed by atoms with van der Waals surface area (Å²) in [7, 11) is 0. The zero-order valence-corrected chi connectivity index (χ0v) is 11.0. The van der Waals surface area contributed by atoms with E-state index in [2.05, 4.69) is 4.98 Å². The van der Waals surface area contributed by atoms with Crippen molar-refractivity contribution >= 4 is 0 Å². The Balaban J connectivity index is 2.49. The first-order valence-corrected chi connectivity index (χ1v) is 5.83. The fourth-order valence-corrected chi connectivity index (χ4v) is 1.81. The molecular formula is C15H13FN2O. The van der Waals surface area contributed by atoms with E-state index in [1.807, 2.05) is 13.0 Å². The molecule has 0 aliphatic carbocycles. The van der Waals surface area contributed by atoms with E-state index < -0.39 is 5.82 Å². The highest BCUT2D eigenvalue weighted by atomic mass is 19.1. The van der Waals surface area contributed by atoms with Gasteiger partial charge in [0.15, 0.2) is 11.6 Å². The Morgan fingerprint density at radius 1 is 1.21 bits per heavy atom. The minimum atomic E-state index is -0.476. The minimum Gasteiger partial charge on any atom is -0.435 e. The average molecular weight is 256 g/mol. The van der Waals surface area contributed by atoms with Crippen molar-refractivity contribution in [2.45, 2.75) is 20.8 Å². The Bertz CT molecular complexity index is 675. The van der Waals surface area contributed by atoms with E-state index in [0.29, 0.717) is 5.56 Å². The van der Waals surface area contributed by atoms with Crippen LogP contribution in [-0.4, -0.2) is 4.98 Å². The van der Waals surface area contributed by atoms with Crippen molar-refractivity contribution in [3.8, 4) is 17.7 Å². The van der Waals surface area contributed by atoms with E-state index >= 15 is 0 Å². The van der Waals surface area contributed by atoms with Gasteiger partial charge in [-0.1, -0.05) is 6.07 Å². The van der Waals surface area contributed by atoms with Gasteiger partial charge in [-0.3, -0.25) is 0 Å². The summed E-state index contributed by atoms with van der Waals surface area (Å²) in [5.74, 6) is -0.256. The molecule has 3 nitrogen and oxygen atoms in total. The molecule has 0 fully saturated rings. The zero-order valence-electron chi connectivity index (χ0n) is 11.0. The highest BCUT2D eigenvalue weighted by Gasteiger charge is 2.13. The van der Waals surface area contributed by atoms with Crippen molar-refractivity contribution in [1.82, 2.24) is 4.98 Å². The quantitative estimate of drug-likeness (QED) is 0.820. The molecule has 0 saturated carbocycles. The van der Waals surface area contributed by atoms with E-state index in [9.17, 15) is 4.39 Å². The van der Waals surface area contributed by atoms with Crippen LogP contribution in [-0.2, 0) is 0 Å². The summed E-state index contributed by atoms with van der Waals surface area (Å²) in [6, 6.07) is 8.39. The SMILES string of the molecule is Cc1ccc(F)c(Oc2nc(C)cc(C)c2C#N)c1. The molecule has 0 radical (unpaired) electrons. The fraction of sp³-hybridized carbons (Fsp3) is 0.200. The first-order chi connectivity index (χ1) is 9.01. The highest BCUT2D eigenvalue weighted by molar-refractivity contribution is 5.47. The molecule has 0 spiro atoms. The Kier molecular flexibility index (Phi) is 3.48. The Hall–Kier alpha value is -2.41. The van der Waals surface area contributed by atoms with Gasteiger partial charge >= 0.3 is 0 Å². The van der Waals surface area contributed by atoms with Crippen molar-refractivity contribution in [1.29, 1.82) is 5.26 Å². The maximum atomic E-state index is 13.7. The number of nitrogens with zero attached hydrogens (tertiary/aromatic N) is 2. The topological polar surface area (TPSA) is 45.9 Å². The molecule has 19 heavy (non-hydrogen) atoms. The van der Waals surface area contributed by atoms with Gasteiger partial charge in [-0.05, 0) is 50.1 Å². The van der Waals surface area contributed by atoms with Crippen LogP contribution in [0.25, 0.3) is 0 Å². The summed E-state index contributed by atoms with van der Waals surface area (Å²) in [5, 5.41) is 9.13. The van der Waals surface area contributed by atoms with Gasteiger partial charge in [-0.2, -0.15) is 5.26 Å². The third-order valence-corrected chi connectivity index (χ3v) is 2.72. The second-order valence-corrected chi connectivity index (χ2v) is 4.41. The normalized spacial score (nSPS) is 10.1. The first kappa shape index (κ1) is 13.0. The van der Waals surface area contributed by atoms with Crippen molar-refractivity contribution in [2.75, 3.05) is 0 Å². The number of nitriles is 1. The number of pyridine rings is 1. The van der Waals surface area contributed by atoms with E-state index in [4.69, 9.17) is 10.00 Å². The number of aromatic nitrogens is 1. The molecule has 2 rings (SSSR count). The van der Waals surface area contributed by atoms with E-state index in [-0.39, 0.29) is 11.6 Å². The zero-order chi connectivity index (χ0) is 14.0. The van der Waals surface area contributed by atoms with Gasteiger partial charge in [0.1, 0.15) is 11.6 Å². The third-order valence-electron chi connectivity index (χ3n) is 2.72. The number of hydrogen-bond donors (Lipinski definition) is 0. The fourth-order valence-electron chi connectivity index (χ4n) is 1.81. The number of aryl methyl sites for hydroxylation is 3. The van der Waals surface area contributed by atoms with Gasteiger partial charge in [0.05, 0.1) is 0 Å². The van der Waals surface area contributed by atoms with Crippen LogP contribution in [0, 0.1) is 37.9 Å². The van der Waals surface area contributed by atoms with E-state index in [1.54, 1.807) is 32.0 Å². The van der Waals surface area contributed by atoms with Crippen molar-refractivity contribution < 1.29 is 9.13 Å². The Morgan fingerprint density at radius 3 is 2.63 bits per heavy atom. The van der Waals surface area contributed by atoms with Crippen molar-refractivity contribution in [3.63, 3.8) is 0 Å². The van der Waals surface area contributed by atoms with Gasteiger partial charge in [0, 0.05) is 5.69 Å². The van der Waals surface area contributed by atoms with Gasteiger partial charge < -0.3 is 4.74 Å². The molecule has 0 atom stereocenters. The van der Waals surface area contributed by atoms with Crippen molar-refractivity contribution in [2.24, 2.45) is 0 Å². The molecule has 0 bridgehead atoms. The molecule has 0 N–H and O–H groups in total. The molecular weight excluding hydrogens is 243 g/mol. The third kappa shape index (κ3) is 2.71. The highest BCUT2D eigenvalue weighted by Crippen LogP contribution is 2.28. The number of halogens is 1. The van der Waals surface area contributed by atoms with Crippen LogP contribution in [0.1, 0.15) is 22.4 Å². The summed E-state index contributed by atoms with van der Waals surface area (Å²) in [4.78, 5) is 4.16. The monoisotopic (exact) mass is 256 g/mol. The lowest BCUT2D eigenvalue weighted by Crippen LogP contribution is -1.98. The Morgan fingerprint density at radius 2 is 1.95 bits per heavy atom. The first-order valence-electron chi connectivity index (χ1n) is 5.83. The lowest BCUT2D eigenvalue weighted by atomic mass is 10.1. The van der Waals surface area contributed by atoms with Crippen LogP contribution >= 0.6 is 0 Å². The summed E-state index contributed by atoms with van der Waals surface area (Å²) in [5.41, 5.74) is 2.68. The second-order valence-electron chi connectivity index (χ2n) is 4.41. The largest absolute Gasteiger partial charge is 0.435 e. The summed E-state index contributed by atoms with van der Waals surface area (Å²) >= 11 is 0. The minimum absolute atomic E-state index is 0.0778. The predicted molar refractivity (Wildman–Crippen MR) is 69.6 cm³/mol. The smallest absolute Gasteiger partial charge is 0.237 e. The van der Waals surface area contributed by atoms with Crippen LogP contribution in [0.4, 0.5) is 4.39 Å². The summed E-state index contributed by atoms with van der Waals surface area (Å²) in [6.45, 7) is 5.44. The van der Waals surface area contributed by atoms with Crippen LogP contribution in [0.5, 0.6) is 11.6 Å². The molecule has 4 heteroatoms. The molecule has 1 heterocycles. The molecule has 0 unspecified atom stereocenters. The van der Waals surface area contributed by atoms with E-state index in [0.717, 1.165) is 16.8 Å². The van der Waals surface area contributed by atoms with Gasteiger partial charge in [0.25, 0.3) is 0 Å². The average Bonchev–Trinajstić information content (AvgIpc) is 2.33. The van der Waals surface area contributed by atoms with Crippen LogP contribution < -0.4 is 4.74 Å². The lowest BCUT2D eigenvalue weighted by molar-refractivity contribution is 0.424. The molecule has 2 aromatic rings. The van der Waals surface area contributed by atoms with Crippen molar-refractivity contribution in [3.05, 3.63) is 52.5 Å². The molecule has 0 amide bonds. The van der Waals surface area contributed by atoms with Gasteiger partial charge in [-0.15, -0.1) is 0 Å². The second kappa shape index (κ2) is 5.07. The number of ether oxygens (including phenoxy) is 1. The molecule has 0 aliphatic heterocycles. The lowest BCUT2D eigenvalue weighted by Gasteiger charge is -2.10. The van der Waals surface area contributed by atoms with Gasteiger partial charge in [0.2, 0.25) is 5.88 Å². The standard InChI is InChI=1S/C15H13FN2O/c1-9-4-5-13(16)14(6-9)19-15-12(8-17)10(2)7-11(3)18-15/h4-7H,1-3H3. The summed E-state index contributed by atoms with van der Waals surface area (Å²) < 4.78 is 19.1. The Labute approximate surface area is 111 Å². The molecule has 1 aromatic carbocycles. The van der Waals surface area contributed by atoms with Gasteiger partial charge in [-0.25, -0.2) is 9.37 Å². The molecule has 0 aliphatic rings. The number of benzene rings is 1. The van der Waals surface area contributed by atoms with Crippen LogP contribution in [0.3, 0.4) is 0 Å². The van der Waals surface area contributed by atoms with Crippen LogP contribution in [0.2, 0.25) is 0 Å². The molecule has 1 aromatic heterocycles. The molecule has 96 valence electrons.